The van der Waals surface area contributed by atoms with Gasteiger partial charge in [0.15, 0.2) is 0 Å². The standard InChI is InChI=1S/C6H4N2O2S2/c1-3-9-11-7-5(1)6-2-4-10-12-8-6/h1-4H. The van der Waals surface area contributed by atoms with Crippen LogP contribution < -0.4 is 0 Å². The van der Waals surface area contributed by atoms with E-state index in [1.165, 1.54) is 0 Å². The Bertz CT molecular complexity index is 266. The van der Waals surface area contributed by atoms with E-state index in [0.29, 0.717) is 0 Å². The molecule has 0 aromatic rings. The average Bonchev–Trinajstić information content (AvgIpc) is 2.21. The van der Waals surface area contributed by atoms with Gasteiger partial charge in [-0.1, -0.05) is 0 Å². The predicted molar refractivity (Wildman–Crippen MR) is 50.5 cm³/mol. The normalized spacial score (nSPS) is 20.7. The maximum atomic E-state index is 4.82. The van der Waals surface area contributed by atoms with Gasteiger partial charge in [-0.25, -0.2) is 0 Å². The molecule has 0 aliphatic carbocycles. The maximum Gasteiger partial charge on any atom is 0.201 e. The van der Waals surface area contributed by atoms with Crippen LogP contribution in [0, 0.1) is 0 Å². The van der Waals surface area contributed by atoms with Crippen LogP contribution in [0.4, 0.5) is 0 Å². The summed E-state index contributed by atoms with van der Waals surface area (Å²) in [6.07, 6.45) is 6.66. The summed E-state index contributed by atoms with van der Waals surface area (Å²) in [6, 6.07) is 0. The molecule has 0 bridgehead atoms. The molecule has 2 heterocycles. The summed E-state index contributed by atoms with van der Waals surface area (Å²) >= 11 is 2.07. The molecule has 6 heteroatoms. The summed E-state index contributed by atoms with van der Waals surface area (Å²) in [5, 5.41) is 0. The Morgan fingerprint density at radius 2 is 1.42 bits per heavy atom. The Kier molecular flexibility index (Phi) is 2.38. The van der Waals surface area contributed by atoms with Crippen LogP contribution in [0.25, 0.3) is 0 Å². The van der Waals surface area contributed by atoms with Gasteiger partial charge in [-0.05, 0) is 0 Å². The zero-order valence-corrected chi connectivity index (χ0v) is 7.47. The van der Waals surface area contributed by atoms with Gasteiger partial charge in [0, 0.05) is 12.2 Å². The van der Waals surface area contributed by atoms with Gasteiger partial charge in [-0.3, -0.25) is 0 Å². The predicted octanol–water partition coefficient (Wildman–Crippen LogP) is 2.08. The molecule has 0 radical (unpaired) electrons. The highest BCUT2D eigenvalue weighted by Crippen LogP contribution is 2.16. The fourth-order valence-corrected chi connectivity index (χ4v) is 1.45. The van der Waals surface area contributed by atoms with Crippen LogP contribution in [0.3, 0.4) is 0 Å². The molecule has 0 unspecified atom stereocenters. The number of allylic oxidation sites excluding steroid dienone is 2. The molecule has 2 aliphatic heterocycles. The first-order chi connectivity index (χ1) is 5.97. The number of hydrogen-bond acceptors (Lipinski definition) is 6. The molecular formula is C6H4N2O2S2. The Morgan fingerprint density at radius 1 is 0.917 bits per heavy atom. The SMILES string of the molecule is C1=CC(C2=NSOC=C2)=NSO1. The van der Waals surface area contributed by atoms with E-state index in [1.807, 2.05) is 0 Å². The first-order valence-corrected chi connectivity index (χ1v) is 4.51. The average molecular weight is 200 g/mol. The lowest BCUT2D eigenvalue weighted by molar-refractivity contribution is 0.564. The molecule has 0 atom stereocenters. The molecule has 0 amide bonds. The fourth-order valence-electron chi connectivity index (χ4n) is 0.683. The lowest BCUT2D eigenvalue weighted by Crippen LogP contribution is -2.10. The van der Waals surface area contributed by atoms with Crippen molar-refractivity contribution in [2.24, 2.45) is 8.80 Å². The second-order valence-electron chi connectivity index (χ2n) is 1.90. The van der Waals surface area contributed by atoms with Crippen molar-refractivity contribution in [1.29, 1.82) is 0 Å². The maximum absolute atomic E-state index is 4.82. The lowest BCUT2D eigenvalue weighted by Gasteiger charge is -2.06. The van der Waals surface area contributed by atoms with Crippen LogP contribution in [0.2, 0.25) is 0 Å². The lowest BCUT2D eigenvalue weighted by atomic mass is 10.2. The summed E-state index contributed by atoms with van der Waals surface area (Å²) in [7, 11) is 0. The van der Waals surface area contributed by atoms with Crippen molar-refractivity contribution in [3.8, 4) is 0 Å². The Balaban J connectivity index is 2.18. The highest BCUT2D eigenvalue weighted by Gasteiger charge is 2.09. The van der Waals surface area contributed by atoms with Crippen molar-refractivity contribution in [3.05, 3.63) is 24.7 Å². The van der Waals surface area contributed by atoms with Gasteiger partial charge in [0.1, 0.15) is 23.9 Å². The Labute approximate surface area is 78.1 Å². The van der Waals surface area contributed by atoms with Crippen LogP contribution in [0.5, 0.6) is 0 Å². The van der Waals surface area contributed by atoms with E-state index >= 15 is 0 Å². The first-order valence-electron chi connectivity index (χ1n) is 3.11. The number of nitrogens with zero attached hydrogens (tertiary/aromatic N) is 2. The van der Waals surface area contributed by atoms with Gasteiger partial charge in [-0.2, -0.15) is 8.80 Å². The minimum absolute atomic E-state index is 0.790. The molecule has 0 fully saturated rings. The van der Waals surface area contributed by atoms with E-state index in [-0.39, 0.29) is 0 Å². The van der Waals surface area contributed by atoms with Crippen molar-refractivity contribution in [3.63, 3.8) is 0 Å². The molecule has 12 heavy (non-hydrogen) atoms. The van der Waals surface area contributed by atoms with Gasteiger partial charge in [0.25, 0.3) is 0 Å². The zero-order valence-electron chi connectivity index (χ0n) is 5.84. The van der Waals surface area contributed by atoms with Crippen molar-refractivity contribution < 1.29 is 8.37 Å². The summed E-state index contributed by atoms with van der Waals surface area (Å²) < 4.78 is 17.7. The van der Waals surface area contributed by atoms with Gasteiger partial charge in [0.05, 0.1) is 0 Å². The van der Waals surface area contributed by atoms with Crippen LogP contribution in [-0.4, -0.2) is 11.4 Å². The minimum atomic E-state index is 0.790. The van der Waals surface area contributed by atoms with Crippen LogP contribution in [0.1, 0.15) is 0 Å². The van der Waals surface area contributed by atoms with Gasteiger partial charge in [-0.15, -0.1) is 0 Å². The molecule has 0 spiro atoms. The fraction of sp³-hybridized carbons (Fsp3) is 0. The molecule has 0 saturated heterocycles. The highest BCUT2D eigenvalue weighted by molar-refractivity contribution is 7.94. The summed E-state index contributed by atoms with van der Waals surface area (Å²) in [5.41, 5.74) is 1.58. The van der Waals surface area contributed by atoms with Crippen molar-refractivity contribution >= 4 is 35.9 Å². The van der Waals surface area contributed by atoms with Crippen molar-refractivity contribution in [1.82, 2.24) is 0 Å². The topological polar surface area (TPSA) is 43.2 Å². The molecule has 62 valence electrons. The van der Waals surface area contributed by atoms with Crippen LogP contribution in [-0.2, 0) is 8.37 Å². The molecule has 0 aromatic carbocycles. The third-order valence-corrected chi connectivity index (χ3v) is 2.12. The molecule has 0 aromatic heterocycles. The monoisotopic (exact) mass is 200 g/mol. The molecule has 0 N–H and O–H groups in total. The highest BCUT2D eigenvalue weighted by atomic mass is 32.2. The van der Waals surface area contributed by atoms with Crippen molar-refractivity contribution in [2.45, 2.75) is 0 Å². The quantitative estimate of drug-likeness (QED) is 0.480. The number of rotatable bonds is 1. The second-order valence-corrected chi connectivity index (χ2v) is 2.95. The number of hydrogen-bond donors (Lipinski definition) is 0. The van der Waals surface area contributed by atoms with E-state index in [1.54, 1.807) is 24.7 Å². The van der Waals surface area contributed by atoms with Crippen molar-refractivity contribution in [2.75, 3.05) is 0 Å². The molecule has 2 aliphatic rings. The first kappa shape index (κ1) is 7.75. The summed E-state index contributed by atoms with van der Waals surface area (Å²) in [4.78, 5) is 0. The summed E-state index contributed by atoms with van der Waals surface area (Å²) in [6.45, 7) is 0. The van der Waals surface area contributed by atoms with E-state index in [2.05, 4.69) is 8.80 Å². The molecule has 0 saturated carbocycles. The Morgan fingerprint density at radius 3 is 1.75 bits per heavy atom. The Hall–Kier alpha value is -0.880. The van der Waals surface area contributed by atoms with E-state index in [0.717, 1.165) is 35.9 Å². The second kappa shape index (κ2) is 3.68. The van der Waals surface area contributed by atoms with Gasteiger partial charge in [0.2, 0.25) is 24.5 Å². The van der Waals surface area contributed by atoms with E-state index in [4.69, 9.17) is 8.37 Å². The molecule has 2 rings (SSSR count). The molecular weight excluding hydrogens is 196 g/mol. The van der Waals surface area contributed by atoms with Gasteiger partial charge >= 0.3 is 0 Å². The van der Waals surface area contributed by atoms with E-state index < -0.39 is 0 Å². The zero-order chi connectivity index (χ0) is 8.23. The minimum Gasteiger partial charge on any atom is -0.412 e. The molecule has 4 nitrogen and oxygen atoms in total. The third kappa shape index (κ3) is 1.64. The summed E-state index contributed by atoms with van der Waals surface area (Å²) in [5.74, 6) is 0. The smallest absolute Gasteiger partial charge is 0.201 e. The largest absolute Gasteiger partial charge is 0.412 e. The van der Waals surface area contributed by atoms with Crippen LogP contribution in [0.15, 0.2) is 33.5 Å². The van der Waals surface area contributed by atoms with Crippen LogP contribution >= 0.6 is 24.5 Å². The third-order valence-electron chi connectivity index (χ3n) is 1.18. The van der Waals surface area contributed by atoms with E-state index in [9.17, 15) is 0 Å². The van der Waals surface area contributed by atoms with Gasteiger partial charge < -0.3 is 8.37 Å².